The Labute approximate surface area is 128 Å². The minimum absolute atomic E-state index is 0.108. The molecule has 1 saturated carbocycles. The summed E-state index contributed by atoms with van der Waals surface area (Å²) >= 11 is 0. The van der Waals surface area contributed by atoms with Crippen LogP contribution in [0.25, 0.3) is 0 Å². The van der Waals surface area contributed by atoms with Gasteiger partial charge in [-0.25, -0.2) is 0 Å². The quantitative estimate of drug-likeness (QED) is 0.798. The van der Waals surface area contributed by atoms with E-state index in [0.29, 0.717) is 6.04 Å². The van der Waals surface area contributed by atoms with Crippen LogP contribution in [-0.4, -0.2) is 61.4 Å². The molecule has 1 heterocycles. The summed E-state index contributed by atoms with van der Waals surface area (Å²) in [5.41, 5.74) is -0.503. The van der Waals surface area contributed by atoms with Gasteiger partial charge in [-0.2, -0.15) is 0 Å². The normalized spacial score (nSPS) is 38.2. The topological polar surface area (TPSA) is 50.8 Å². The molecule has 1 aliphatic carbocycles. The highest BCUT2D eigenvalue weighted by Crippen LogP contribution is 2.33. The third-order valence-electron chi connectivity index (χ3n) is 4.78. The Kier molecular flexibility index (Phi) is 5.63. The van der Waals surface area contributed by atoms with Gasteiger partial charge in [0.1, 0.15) is 5.54 Å². The lowest BCUT2D eigenvalue weighted by Gasteiger charge is -2.46. The molecule has 1 aliphatic heterocycles. The van der Waals surface area contributed by atoms with E-state index in [4.69, 9.17) is 9.47 Å². The average molecular weight is 298 g/mol. The number of morpholine rings is 1. The Morgan fingerprint density at radius 1 is 1.38 bits per heavy atom. The van der Waals surface area contributed by atoms with E-state index in [1.807, 2.05) is 6.92 Å². The van der Waals surface area contributed by atoms with Crippen LogP contribution >= 0.6 is 0 Å². The first-order valence-electron chi connectivity index (χ1n) is 8.23. The molecule has 1 N–H and O–H groups in total. The lowest BCUT2D eigenvalue weighted by molar-refractivity contribution is -0.152. The second kappa shape index (κ2) is 7.07. The first kappa shape index (κ1) is 16.7. The number of nitrogens with zero attached hydrogens (tertiary/aromatic N) is 1. The molecule has 5 heteroatoms. The number of ether oxygens (including phenoxy) is 2. The molecule has 21 heavy (non-hydrogen) atoms. The van der Waals surface area contributed by atoms with Gasteiger partial charge in [-0.05, 0) is 46.1 Å². The summed E-state index contributed by atoms with van der Waals surface area (Å²) < 4.78 is 10.9. The van der Waals surface area contributed by atoms with Gasteiger partial charge in [-0.1, -0.05) is 6.92 Å². The molecule has 0 bridgehead atoms. The Morgan fingerprint density at radius 3 is 2.62 bits per heavy atom. The third kappa shape index (κ3) is 3.76. The SMILES string of the molecule is CCNC1(C(=O)OC)CCCC(N2CC(C)OC(C)C2)C1. The largest absolute Gasteiger partial charge is 0.468 e. The van der Waals surface area contributed by atoms with Crippen molar-refractivity contribution in [2.75, 3.05) is 26.7 Å². The van der Waals surface area contributed by atoms with Crippen LogP contribution in [0.4, 0.5) is 0 Å². The molecule has 122 valence electrons. The van der Waals surface area contributed by atoms with Gasteiger partial charge in [0.25, 0.3) is 0 Å². The number of esters is 1. The molecule has 2 fully saturated rings. The van der Waals surface area contributed by atoms with Gasteiger partial charge in [0.15, 0.2) is 0 Å². The number of carbonyl (C=O) groups is 1. The molecular weight excluding hydrogens is 268 g/mol. The zero-order valence-corrected chi connectivity index (χ0v) is 13.9. The average Bonchev–Trinajstić information content (AvgIpc) is 2.46. The van der Waals surface area contributed by atoms with Crippen LogP contribution in [0, 0.1) is 0 Å². The summed E-state index contributed by atoms with van der Waals surface area (Å²) in [4.78, 5) is 14.8. The van der Waals surface area contributed by atoms with Gasteiger partial charge >= 0.3 is 5.97 Å². The maximum Gasteiger partial charge on any atom is 0.326 e. The monoisotopic (exact) mass is 298 g/mol. The van der Waals surface area contributed by atoms with E-state index < -0.39 is 5.54 Å². The standard InChI is InChI=1S/C16H30N2O3/c1-5-17-16(15(19)20-4)8-6-7-14(9-16)18-10-12(2)21-13(3)11-18/h12-14,17H,5-11H2,1-4H3. The molecule has 5 nitrogen and oxygen atoms in total. The van der Waals surface area contributed by atoms with Crippen LogP contribution in [0.5, 0.6) is 0 Å². The second-order valence-corrected chi connectivity index (χ2v) is 6.57. The van der Waals surface area contributed by atoms with Gasteiger partial charge in [-0.15, -0.1) is 0 Å². The smallest absolute Gasteiger partial charge is 0.326 e. The van der Waals surface area contributed by atoms with E-state index >= 15 is 0 Å². The van der Waals surface area contributed by atoms with Crippen molar-refractivity contribution in [3.05, 3.63) is 0 Å². The van der Waals surface area contributed by atoms with Crippen molar-refractivity contribution >= 4 is 5.97 Å². The van der Waals surface area contributed by atoms with Gasteiger partial charge in [0, 0.05) is 19.1 Å². The van der Waals surface area contributed by atoms with E-state index in [9.17, 15) is 4.79 Å². The molecular formula is C16H30N2O3. The van der Waals surface area contributed by atoms with Gasteiger partial charge in [0.05, 0.1) is 19.3 Å². The highest BCUT2D eigenvalue weighted by atomic mass is 16.5. The maximum atomic E-state index is 12.3. The molecule has 0 amide bonds. The van der Waals surface area contributed by atoms with Crippen molar-refractivity contribution in [2.45, 2.75) is 70.2 Å². The molecule has 0 spiro atoms. The van der Waals surface area contributed by atoms with Crippen LogP contribution in [0.1, 0.15) is 46.5 Å². The summed E-state index contributed by atoms with van der Waals surface area (Å²) in [7, 11) is 1.49. The van der Waals surface area contributed by atoms with Crippen LogP contribution in [0.15, 0.2) is 0 Å². The van der Waals surface area contributed by atoms with Crippen molar-refractivity contribution in [3.63, 3.8) is 0 Å². The van der Waals surface area contributed by atoms with Gasteiger partial charge in [-0.3, -0.25) is 9.69 Å². The van der Waals surface area contributed by atoms with Crippen LogP contribution in [0.2, 0.25) is 0 Å². The van der Waals surface area contributed by atoms with Crippen molar-refractivity contribution in [1.29, 1.82) is 0 Å². The third-order valence-corrected chi connectivity index (χ3v) is 4.78. The number of hydrogen-bond donors (Lipinski definition) is 1. The minimum Gasteiger partial charge on any atom is -0.468 e. The summed E-state index contributed by atoms with van der Waals surface area (Å²) in [6.45, 7) is 9.01. The summed E-state index contributed by atoms with van der Waals surface area (Å²) in [6.07, 6.45) is 4.47. The van der Waals surface area contributed by atoms with Gasteiger partial charge < -0.3 is 14.8 Å². The Hall–Kier alpha value is -0.650. The number of likely N-dealkylation sites (N-methyl/N-ethyl adjacent to an activating group) is 1. The first-order valence-corrected chi connectivity index (χ1v) is 8.23. The first-order chi connectivity index (χ1) is 10.0. The Bertz CT molecular complexity index is 349. The fourth-order valence-electron chi connectivity index (χ4n) is 4.03. The summed E-state index contributed by atoms with van der Waals surface area (Å²) in [5, 5.41) is 3.41. The lowest BCUT2D eigenvalue weighted by Crippen LogP contribution is -2.60. The molecule has 1 saturated heterocycles. The van der Waals surface area contributed by atoms with Gasteiger partial charge in [0.2, 0.25) is 0 Å². The lowest BCUT2D eigenvalue weighted by atomic mass is 9.78. The van der Waals surface area contributed by atoms with Crippen molar-refractivity contribution in [1.82, 2.24) is 10.2 Å². The molecule has 0 aromatic rings. The Balaban J connectivity index is 2.09. The molecule has 4 unspecified atom stereocenters. The van der Waals surface area contributed by atoms with E-state index in [1.54, 1.807) is 0 Å². The fourth-order valence-corrected chi connectivity index (χ4v) is 4.03. The van der Waals surface area contributed by atoms with Crippen LogP contribution in [0.3, 0.4) is 0 Å². The number of carbonyl (C=O) groups excluding carboxylic acids is 1. The van der Waals surface area contributed by atoms with Crippen molar-refractivity contribution in [3.8, 4) is 0 Å². The molecule has 2 aliphatic rings. The highest BCUT2D eigenvalue weighted by molar-refractivity contribution is 5.81. The minimum atomic E-state index is -0.503. The van der Waals surface area contributed by atoms with Crippen LogP contribution in [-0.2, 0) is 14.3 Å². The van der Waals surface area contributed by atoms with E-state index in [1.165, 1.54) is 7.11 Å². The fraction of sp³-hybridized carbons (Fsp3) is 0.938. The highest BCUT2D eigenvalue weighted by Gasteiger charge is 2.45. The maximum absolute atomic E-state index is 12.3. The van der Waals surface area contributed by atoms with E-state index in [2.05, 4.69) is 24.1 Å². The predicted octanol–water partition coefficient (Wildman–Crippen LogP) is 1.56. The number of rotatable bonds is 4. The number of nitrogens with one attached hydrogen (secondary N) is 1. The van der Waals surface area contributed by atoms with Crippen LogP contribution < -0.4 is 5.32 Å². The molecule has 0 aromatic heterocycles. The van der Waals surface area contributed by atoms with Crippen molar-refractivity contribution < 1.29 is 14.3 Å². The zero-order chi connectivity index (χ0) is 15.5. The number of methoxy groups -OCH3 is 1. The summed E-state index contributed by atoms with van der Waals surface area (Å²) in [6, 6.07) is 0.436. The predicted molar refractivity (Wildman–Crippen MR) is 82.3 cm³/mol. The van der Waals surface area contributed by atoms with E-state index in [-0.39, 0.29) is 18.2 Å². The van der Waals surface area contributed by atoms with E-state index in [0.717, 1.165) is 45.3 Å². The molecule has 0 aromatic carbocycles. The molecule has 2 rings (SSSR count). The summed E-state index contributed by atoms with van der Waals surface area (Å²) in [5.74, 6) is -0.108. The molecule has 0 radical (unpaired) electrons. The molecule has 4 atom stereocenters. The van der Waals surface area contributed by atoms with Crippen molar-refractivity contribution in [2.24, 2.45) is 0 Å². The second-order valence-electron chi connectivity index (χ2n) is 6.57. The Morgan fingerprint density at radius 2 is 2.05 bits per heavy atom. The number of hydrogen-bond acceptors (Lipinski definition) is 5. The zero-order valence-electron chi connectivity index (χ0n) is 13.9.